The number of carbonyl (C=O) groups is 1. The van der Waals surface area contributed by atoms with Crippen LogP contribution in [0.1, 0.15) is 6.92 Å². The summed E-state index contributed by atoms with van der Waals surface area (Å²) in [5, 5.41) is 2.37. The largest absolute Gasteiger partial charge is 0.486 e. The summed E-state index contributed by atoms with van der Waals surface area (Å²) in [7, 11) is -3.75. The van der Waals surface area contributed by atoms with Crippen molar-refractivity contribution in [3.63, 3.8) is 0 Å². The van der Waals surface area contributed by atoms with Gasteiger partial charge in [0, 0.05) is 11.8 Å². The van der Waals surface area contributed by atoms with Gasteiger partial charge in [-0.15, -0.1) is 0 Å². The summed E-state index contributed by atoms with van der Waals surface area (Å²) in [6, 6.07) is 8.35. The lowest BCUT2D eigenvalue weighted by molar-refractivity contribution is -0.114. The third kappa shape index (κ3) is 4.48. The van der Waals surface area contributed by atoms with Gasteiger partial charge >= 0.3 is 0 Å². The Labute approximate surface area is 167 Å². The van der Waals surface area contributed by atoms with Gasteiger partial charge in [-0.05, 0) is 37.3 Å². The van der Waals surface area contributed by atoms with E-state index in [4.69, 9.17) is 21.1 Å². The Morgan fingerprint density at radius 1 is 1.18 bits per heavy atom. The minimum atomic E-state index is -3.75. The Morgan fingerprint density at radius 2 is 1.89 bits per heavy atom. The lowest BCUT2D eigenvalue weighted by atomic mass is 10.2. The van der Waals surface area contributed by atoms with Crippen molar-refractivity contribution in [1.82, 2.24) is 0 Å². The van der Waals surface area contributed by atoms with Crippen molar-refractivity contribution in [2.45, 2.75) is 6.92 Å². The lowest BCUT2D eigenvalue weighted by Crippen LogP contribution is -2.39. The standard InChI is InChI=1S/C18H18ClFN2O5S/c1-2-28(24,25)22(13-4-6-16-17(10-13)27-8-7-26-16)11-18(23)21-12-3-5-15(20)14(19)9-12/h3-6,9-10H,2,7-8,11H2,1H3,(H,21,23). The van der Waals surface area contributed by atoms with E-state index < -0.39 is 28.3 Å². The molecule has 2 aromatic rings. The van der Waals surface area contributed by atoms with Gasteiger partial charge in [0.1, 0.15) is 25.6 Å². The SMILES string of the molecule is CCS(=O)(=O)N(CC(=O)Nc1ccc(F)c(Cl)c1)c1ccc2c(c1)OCCO2. The zero-order valence-corrected chi connectivity index (χ0v) is 16.5. The zero-order valence-electron chi connectivity index (χ0n) is 14.9. The van der Waals surface area contributed by atoms with Crippen LogP contribution < -0.4 is 19.1 Å². The van der Waals surface area contributed by atoms with Crippen molar-refractivity contribution >= 4 is 38.9 Å². The van der Waals surface area contributed by atoms with Gasteiger partial charge in [-0.3, -0.25) is 9.10 Å². The Kier molecular flexibility index (Phi) is 5.95. The number of nitrogens with one attached hydrogen (secondary N) is 1. The summed E-state index contributed by atoms with van der Waals surface area (Å²) in [4.78, 5) is 12.4. The Balaban J connectivity index is 1.84. The average molecular weight is 429 g/mol. The second kappa shape index (κ2) is 8.24. The molecule has 0 aromatic heterocycles. The number of hydrogen-bond acceptors (Lipinski definition) is 5. The Hall–Kier alpha value is -2.52. The topological polar surface area (TPSA) is 84.9 Å². The quantitative estimate of drug-likeness (QED) is 0.764. The second-order valence-electron chi connectivity index (χ2n) is 5.91. The molecule has 1 amide bonds. The number of anilines is 2. The number of hydrogen-bond donors (Lipinski definition) is 1. The minimum Gasteiger partial charge on any atom is -0.486 e. The van der Waals surface area contributed by atoms with Crippen LogP contribution in [0, 0.1) is 5.82 Å². The normalized spacial score (nSPS) is 13.1. The fourth-order valence-corrected chi connectivity index (χ4v) is 3.84. The highest BCUT2D eigenvalue weighted by atomic mass is 35.5. The van der Waals surface area contributed by atoms with E-state index in [9.17, 15) is 17.6 Å². The van der Waals surface area contributed by atoms with Crippen molar-refractivity contribution in [2.75, 3.05) is 35.1 Å². The first kappa shape index (κ1) is 20.2. The molecule has 0 unspecified atom stereocenters. The molecule has 7 nitrogen and oxygen atoms in total. The van der Waals surface area contributed by atoms with E-state index in [1.54, 1.807) is 12.1 Å². The zero-order chi connectivity index (χ0) is 20.3. The number of halogens is 2. The number of carbonyl (C=O) groups excluding carboxylic acids is 1. The lowest BCUT2D eigenvalue weighted by Gasteiger charge is -2.25. The van der Waals surface area contributed by atoms with Crippen LogP contribution in [-0.4, -0.2) is 39.8 Å². The van der Waals surface area contributed by atoms with Gasteiger partial charge in [0.15, 0.2) is 11.5 Å². The average Bonchev–Trinajstić information content (AvgIpc) is 2.68. The second-order valence-corrected chi connectivity index (χ2v) is 8.50. The van der Waals surface area contributed by atoms with Crippen molar-refractivity contribution in [3.8, 4) is 11.5 Å². The van der Waals surface area contributed by atoms with Crippen LogP contribution in [0.3, 0.4) is 0 Å². The summed E-state index contributed by atoms with van der Waals surface area (Å²) in [6.07, 6.45) is 0. The number of nitrogens with zero attached hydrogens (tertiary/aromatic N) is 1. The van der Waals surface area contributed by atoms with Crippen molar-refractivity contribution in [1.29, 1.82) is 0 Å². The van der Waals surface area contributed by atoms with E-state index in [0.717, 1.165) is 10.4 Å². The smallest absolute Gasteiger partial charge is 0.245 e. The highest BCUT2D eigenvalue weighted by molar-refractivity contribution is 7.92. The molecule has 150 valence electrons. The number of ether oxygens (including phenoxy) is 2. The fourth-order valence-electron chi connectivity index (χ4n) is 2.60. The molecule has 0 atom stereocenters. The summed E-state index contributed by atoms with van der Waals surface area (Å²) >= 11 is 5.70. The molecule has 0 saturated carbocycles. The van der Waals surface area contributed by atoms with Gasteiger partial charge in [0.2, 0.25) is 15.9 Å². The molecule has 1 heterocycles. The van der Waals surface area contributed by atoms with Gasteiger partial charge in [0.05, 0.1) is 16.5 Å². The maximum absolute atomic E-state index is 13.3. The number of sulfonamides is 1. The number of benzene rings is 2. The first-order valence-corrected chi connectivity index (χ1v) is 10.4. The first-order valence-electron chi connectivity index (χ1n) is 8.45. The van der Waals surface area contributed by atoms with E-state index in [-0.39, 0.29) is 22.2 Å². The highest BCUT2D eigenvalue weighted by Gasteiger charge is 2.25. The maximum atomic E-state index is 13.3. The van der Waals surface area contributed by atoms with Gasteiger partial charge in [-0.1, -0.05) is 11.6 Å². The van der Waals surface area contributed by atoms with Crippen LogP contribution in [0.25, 0.3) is 0 Å². The monoisotopic (exact) mass is 428 g/mol. The van der Waals surface area contributed by atoms with E-state index in [1.807, 2.05) is 0 Å². The summed E-state index contributed by atoms with van der Waals surface area (Å²) in [5.41, 5.74) is 0.533. The summed E-state index contributed by atoms with van der Waals surface area (Å²) < 4.78 is 50.3. The van der Waals surface area contributed by atoms with Crippen LogP contribution in [0.2, 0.25) is 5.02 Å². The third-order valence-electron chi connectivity index (χ3n) is 4.00. The van der Waals surface area contributed by atoms with E-state index in [2.05, 4.69) is 5.32 Å². The molecule has 0 saturated heterocycles. The van der Waals surface area contributed by atoms with Crippen LogP contribution in [-0.2, 0) is 14.8 Å². The molecule has 2 aromatic carbocycles. The Morgan fingerprint density at radius 3 is 2.57 bits per heavy atom. The minimum absolute atomic E-state index is 0.150. The van der Waals surface area contributed by atoms with Gasteiger partial charge in [-0.2, -0.15) is 0 Å². The van der Waals surface area contributed by atoms with Crippen molar-refractivity contribution < 1.29 is 27.1 Å². The molecule has 0 bridgehead atoms. The molecule has 1 aliphatic rings. The van der Waals surface area contributed by atoms with Crippen molar-refractivity contribution in [3.05, 3.63) is 47.2 Å². The number of fused-ring (bicyclic) bond motifs is 1. The molecule has 0 aliphatic carbocycles. The van der Waals surface area contributed by atoms with Gasteiger partial charge < -0.3 is 14.8 Å². The number of amides is 1. The summed E-state index contributed by atoms with van der Waals surface area (Å²) in [6.45, 7) is 1.78. The summed E-state index contributed by atoms with van der Waals surface area (Å²) in [5.74, 6) is -0.502. The van der Waals surface area contributed by atoms with Crippen LogP contribution >= 0.6 is 11.6 Å². The van der Waals surface area contributed by atoms with E-state index in [1.165, 1.54) is 25.1 Å². The highest BCUT2D eigenvalue weighted by Crippen LogP contribution is 2.34. The van der Waals surface area contributed by atoms with Crippen LogP contribution in [0.5, 0.6) is 11.5 Å². The van der Waals surface area contributed by atoms with Gasteiger partial charge in [0.25, 0.3) is 0 Å². The van der Waals surface area contributed by atoms with Crippen molar-refractivity contribution in [2.24, 2.45) is 0 Å². The third-order valence-corrected chi connectivity index (χ3v) is 6.04. The molecule has 10 heteroatoms. The maximum Gasteiger partial charge on any atom is 0.245 e. The Bertz CT molecular complexity index is 999. The molecule has 0 radical (unpaired) electrons. The molecule has 1 N–H and O–H groups in total. The molecule has 1 aliphatic heterocycles. The van der Waals surface area contributed by atoms with Crippen LogP contribution in [0.4, 0.5) is 15.8 Å². The molecule has 0 fully saturated rings. The van der Waals surface area contributed by atoms with Gasteiger partial charge in [-0.25, -0.2) is 12.8 Å². The molecule has 0 spiro atoms. The fraction of sp³-hybridized carbons (Fsp3) is 0.278. The van der Waals surface area contributed by atoms with Crippen LogP contribution in [0.15, 0.2) is 36.4 Å². The number of rotatable bonds is 6. The predicted octanol–water partition coefficient (Wildman–Crippen LogP) is 3.05. The predicted molar refractivity (Wildman–Crippen MR) is 104 cm³/mol. The molecular formula is C18H18ClFN2O5S. The molecule has 28 heavy (non-hydrogen) atoms. The molecule has 3 rings (SSSR count). The first-order chi connectivity index (χ1) is 13.3. The van der Waals surface area contributed by atoms with E-state index >= 15 is 0 Å². The molecular weight excluding hydrogens is 411 g/mol. The van der Waals surface area contributed by atoms with E-state index in [0.29, 0.717) is 24.7 Å².